The Morgan fingerprint density at radius 2 is 2.18 bits per heavy atom. The van der Waals surface area contributed by atoms with Crippen LogP contribution in [0.15, 0.2) is 22.9 Å². The maximum absolute atomic E-state index is 12.3. The molecular formula is C9H7BrF3NO3. The number of nitrogens with zero attached hydrogens (tertiary/aromatic N) is 1. The fourth-order valence-electron chi connectivity index (χ4n) is 0.957. The number of aromatic nitrogens is 1. The molecule has 0 radical (unpaired) electrons. The number of rotatable bonds is 4. The van der Waals surface area contributed by atoms with Gasteiger partial charge in [-0.25, -0.2) is 0 Å². The summed E-state index contributed by atoms with van der Waals surface area (Å²) in [7, 11) is 0. The number of ether oxygens (including phenoxy) is 1. The smallest absolute Gasteiger partial charge is 0.405 e. The normalized spacial score (nSPS) is 13.2. The first kappa shape index (κ1) is 13.8. The highest BCUT2D eigenvalue weighted by atomic mass is 79.9. The van der Waals surface area contributed by atoms with Crippen LogP contribution in [0.1, 0.15) is 0 Å². The molecule has 1 aromatic heterocycles. The standard InChI is InChI=1S/C9H7BrF3NO3/c10-5-1-6(3-14-2-5)17-4-7(8(15)16)9(11,12)13/h1-3,7H,4H2,(H,15,16). The fourth-order valence-corrected chi connectivity index (χ4v) is 1.30. The van der Waals surface area contributed by atoms with Crippen LogP contribution in [0.2, 0.25) is 0 Å². The summed E-state index contributed by atoms with van der Waals surface area (Å²) >= 11 is 3.06. The van der Waals surface area contributed by atoms with E-state index in [4.69, 9.17) is 9.84 Å². The topological polar surface area (TPSA) is 59.4 Å². The first-order chi connectivity index (χ1) is 7.80. The van der Waals surface area contributed by atoms with E-state index in [0.29, 0.717) is 4.47 Å². The SMILES string of the molecule is O=C(O)C(COc1cncc(Br)c1)C(F)(F)F. The molecule has 0 bridgehead atoms. The minimum Gasteiger partial charge on any atom is -0.491 e. The summed E-state index contributed by atoms with van der Waals surface area (Å²) in [6.07, 6.45) is -2.23. The molecule has 0 aromatic carbocycles. The van der Waals surface area contributed by atoms with Crippen molar-refractivity contribution in [2.24, 2.45) is 5.92 Å². The van der Waals surface area contributed by atoms with Gasteiger partial charge in [0, 0.05) is 10.7 Å². The zero-order valence-electron chi connectivity index (χ0n) is 8.24. The van der Waals surface area contributed by atoms with Crippen molar-refractivity contribution >= 4 is 21.9 Å². The molecule has 0 saturated heterocycles. The Hall–Kier alpha value is -1.31. The molecule has 1 N–H and O–H groups in total. The highest BCUT2D eigenvalue weighted by molar-refractivity contribution is 9.10. The second-order valence-electron chi connectivity index (χ2n) is 3.08. The molecule has 0 saturated carbocycles. The lowest BCUT2D eigenvalue weighted by atomic mass is 10.1. The molecule has 0 aliphatic heterocycles. The van der Waals surface area contributed by atoms with E-state index in [-0.39, 0.29) is 5.75 Å². The number of carboxylic acids is 1. The molecule has 1 unspecified atom stereocenters. The molecule has 17 heavy (non-hydrogen) atoms. The molecule has 1 rings (SSSR count). The molecule has 0 aliphatic carbocycles. The van der Waals surface area contributed by atoms with Crippen molar-refractivity contribution in [3.63, 3.8) is 0 Å². The number of alkyl halides is 3. The van der Waals surface area contributed by atoms with Crippen LogP contribution in [0.4, 0.5) is 13.2 Å². The maximum Gasteiger partial charge on any atom is 0.405 e. The first-order valence-electron chi connectivity index (χ1n) is 4.33. The number of carbonyl (C=O) groups is 1. The van der Waals surface area contributed by atoms with Gasteiger partial charge in [-0.15, -0.1) is 0 Å². The first-order valence-corrected chi connectivity index (χ1v) is 5.13. The number of hydrogen-bond donors (Lipinski definition) is 1. The van der Waals surface area contributed by atoms with E-state index in [2.05, 4.69) is 20.9 Å². The quantitative estimate of drug-likeness (QED) is 0.927. The van der Waals surface area contributed by atoms with Crippen LogP contribution in [0.5, 0.6) is 5.75 Å². The third kappa shape index (κ3) is 4.22. The minimum absolute atomic E-state index is 0.0647. The van der Waals surface area contributed by atoms with Gasteiger partial charge in [-0.05, 0) is 22.0 Å². The lowest BCUT2D eigenvalue weighted by Gasteiger charge is -2.16. The fraction of sp³-hybridized carbons (Fsp3) is 0.333. The van der Waals surface area contributed by atoms with E-state index >= 15 is 0 Å². The molecule has 8 heteroatoms. The lowest BCUT2D eigenvalue weighted by molar-refractivity contribution is -0.198. The average molecular weight is 314 g/mol. The number of pyridine rings is 1. The van der Waals surface area contributed by atoms with E-state index in [1.165, 1.54) is 18.5 Å². The Kier molecular flexibility index (Phi) is 4.33. The second kappa shape index (κ2) is 5.35. The molecule has 4 nitrogen and oxygen atoms in total. The van der Waals surface area contributed by atoms with Gasteiger partial charge in [0.1, 0.15) is 12.4 Å². The third-order valence-electron chi connectivity index (χ3n) is 1.79. The van der Waals surface area contributed by atoms with Crippen LogP contribution >= 0.6 is 15.9 Å². The van der Waals surface area contributed by atoms with Crippen molar-refractivity contribution in [3.8, 4) is 5.75 Å². The molecule has 1 aromatic rings. The van der Waals surface area contributed by atoms with Crippen LogP contribution in [0.3, 0.4) is 0 Å². The van der Waals surface area contributed by atoms with E-state index in [1.54, 1.807) is 0 Å². The highest BCUT2D eigenvalue weighted by Gasteiger charge is 2.45. The molecule has 94 valence electrons. The minimum atomic E-state index is -4.84. The molecule has 0 amide bonds. The van der Waals surface area contributed by atoms with Gasteiger partial charge in [0.05, 0.1) is 6.20 Å². The predicted octanol–water partition coefficient (Wildman–Crippen LogP) is 2.49. The van der Waals surface area contributed by atoms with Crippen LogP contribution in [0.25, 0.3) is 0 Å². The number of carboxylic acid groups (broad SMARTS) is 1. The lowest BCUT2D eigenvalue weighted by Crippen LogP contribution is -2.35. The zero-order valence-corrected chi connectivity index (χ0v) is 9.83. The Labute approximate surface area is 103 Å². The van der Waals surface area contributed by atoms with Crippen LogP contribution in [0, 0.1) is 5.92 Å². The molecular weight excluding hydrogens is 307 g/mol. The van der Waals surface area contributed by atoms with E-state index in [9.17, 15) is 18.0 Å². The van der Waals surface area contributed by atoms with Crippen molar-refractivity contribution in [2.75, 3.05) is 6.61 Å². The molecule has 1 atom stereocenters. The Bertz CT molecular complexity index is 411. The monoisotopic (exact) mass is 313 g/mol. The van der Waals surface area contributed by atoms with Crippen LogP contribution in [-0.2, 0) is 4.79 Å². The van der Waals surface area contributed by atoms with E-state index in [0.717, 1.165) is 0 Å². The van der Waals surface area contributed by atoms with Gasteiger partial charge in [0.2, 0.25) is 0 Å². The van der Waals surface area contributed by atoms with Crippen molar-refractivity contribution in [3.05, 3.63) is 22.9 Å². The summed E-state index contributed by atoms with van der Waals surface area (Å²) in [6.45, 7) is -0.989. The summed E-state index contributed by atoms with van der Waals surface area (Å²) in [5.74, 6) is -4.46. The number of halogens is 4. The van der Waals surface area contributed by atoms with Gasteiger partial charge in [0.15, 0.2) is 5.92 Å². The summed E-state index contributed by atoms with van der Waals surface area (Å²) in [4.78, 5) is 14.1. The van der Waals surface area contributed by atoms with E-state index < -0.39 is 24.7 Å². The van der Waals surface area contributed by atoms with Gasteiger partial charge in [-0.3, -0.25) is 9.78 Å². The van der Waals surface area contributed by atoms with Gasteiger partial charge >= 0.3 is 12.1 Å². The summed E-state index contributed by atoms with van der Waals surface area (Å²) in [6, 6.07) is 1.39. The van der Waals surface area contributed by atoms with Crippen LogP contribution < -0.4 is 4.74 Å². The Morgan fingerprint density at radius 3 is 2.65 bits per heavy atom. The van der Waals surface area contributed by atoms with Crippen LogP contribution in [-0.4, -0.2) is 28.8 Å². The molecule has 0 spiro atoms. The van der Waals surface area contributed by atoms with Crippen molar-refractivity contribution in [2.45, 2.75) is 6.18 Å². The van der Waals surface area contributed by atoms with Gasteiger partial charge in [-0.2, -0.15) is 13.2 Å². The highest BCUT2D eigenvalue weighted by Crippen LogP contribution is 2.27. The van der Waals surface area contributed by atoms with Crippen molar-refractivity contribution in [1.29, 1.82) is 0 Å². The second-order valence-corrected chi connectivity index (χ2v) is 4.00. The number of aliphatic carboxylic acids is 1. The largest absolute Gasteiger partial charge is 0.491 e. The summed E-state index contributed by atoms with van der Waals surface area (Å²) in [5, 5.41) is 8.42. The third-order valence-corrected chi connectivity index (χ3v) is 2.22. The number of hydrogen-bond acceptors (Lipinski definition) is 3. The zero-order chi connectivity index (χ0) is 13.1. The van der Waals surface area contributed by atoms with Gasteiger partial charge in [-0.1, -0.05) is 0 Å². The van der Waals surface area contributed by atoms with E-state index in [1.807, 2.05) is 0 Å². The Balaban J connectivity index is 2.68. The molecule has 1 heterocycles. The Morgan fingerprint density at radius 1 is 1.53 bits per heavy atom. The predicted molar refractivity (Wildman–Crippen MR) is 54.6 cm³/mol. The summed E-state index contributed by atoms with van der Waals surface area (Å²) in [5.41, 5.74) is 0. The van der Waals surface area contributed by atoms with Gasteiger partial charge in [0.25, 0.3) is 0 Å². The summed E-state index contributed by atoms with van der Waals surface area (Å²) < 4.78 is 42.1. The van der Waals surface area contributed by atoms with Crippen molar-refractivity contribution in [1.82, 2.24) is 4.98 Å². The van der Waals surface area contributed by atoms with Crippen molar-refractivity contribution < 1.29 is 27.8 Å². The average Bonchev–Trinajstić information content (AvgIpc) is 2.15. The maximum atomic E-state index is 12.3. The molecule has 0 aliphatic rings. The molecule has 0 fully saturated rings. The van der Waals surface area contributed by atoms with Gasteiger partial charge < -0.3 is 9.84 Å².